The van der Waals surface area contributed by atoms with Crippen LogP contribution < -0.4 is 5.73 Å². The first-order valence-electron chi connectivity index (χ1n) is 4.91. The SMILES string of the molecule is NCCC(=O)N1CCC[C@H](C(F)F)C1. The lowest BCUT2D eigenvalue weighted by molar-refractivity contribution is -0.134. The third kappa shape index (κ3) is 2.90. The van der Waals surface area contributed by atoms with Crippen LogP contribution in [0.25, 0.3) is 0 Å². The van der Waals surface area contributed by atoms with Gasteiger partial charge in [0.15, 0.2) is 0 Å². The normalized spacial score (nSPS) is 22.9. The third-order valence-electron chi connectivity index (χ3n) is 2.53. The van der Waals surface area contributed by atoms with Crippen LogP contribution in [0, 0.1) is 5.92 Å². The Labute approximate surface area is 82.2 Å². The zero-order valence-corrected chi connectivity index (χ0v) is 8.09. The largest absolute Gasteiger partial charge is 0.342 e. The van der Waals surface area contributed by atoms with Gasteiger partial charge in [0.1, 0.15) is 0 Å². The molecule has 0 aromatic rings. The molecule has 82 valence electrons. The zero-order valence-electron chi connectivity index (χ0n) is 8.09. The molecule has 1 amide bonds. The smallest absolute Gasteiger partial charge is 0.243 e. The molecule has 0 aromatic carbocycles. The van der Waals surface area contributed by atoms with Gasteiger partial charge in [-0.25, -0.2) is 8.78 Å². The number of nitrogens with zero attached hydrogens (tertiary/aromatic N) is 1. The number of rotatable bonds is 3. The lowest BCUT2D eigenvalue weighted by Crippen LogP contribution is -2.42. The van der Waals surface area contributed by atoms with Gasteiger partial charge in [-0.15, -0.1) is 0 Å². The number of hydrogen-bond acceptors (Lipinski definition) is 2. The summed E-state index contributed by atoms with van der Waals surface area (Å²) >= 11 is 0. The van der Waals surface area contributed by atoms with E-state index in [-0.39, 0.29) is 25.4 Å². The fraction of sp³-hybridized carbons (Fsp3) is 0.889. The van der Waals surface area contributed by atoms with E-state index in [1.165, 1.54) is 4.90 Å². The van der Waals surface area contributed by atoms with Gasteiger partial charge in [0.05, 0.1) is 0 Å². The molecular weight excluding hydrogens is 190 g/mol. The van der Waals surface area contributed by atoms with Crippen molar-refractivity contribution in [3.63, 3.8) is 0 Å². The lowest BCUT2D eigenvalue weighted by atomic mass is 9.98. The highest BCUT2D eigenvalue weighted by atomic mass is 19.3. The number of carbonyl (C=O) groups is 1. The average molecular weight is 206 g/mol. The van der Waals surface area contributed by atoms with Gasteiger partial charge in [0.25, 0.3) is 0 Å². The van der Waals surface area contributed by atoms with E-state index in [0.717, 1.165) is 0 Å². The van der Waals surface area contributed by atoms with Crippen molar-refractivity contribution in [2.75, 3.05) is 19.6 Å². The molecule has 0 spiro atoms. The van der Waals surface area contributed by atoms with Crippen LogP contribution in [0.4, 0.5) is 8.78 Å². The number of piperidine rings is 1. The van der Waals surface area contributed by atoms with E-state index in [9.17, 15) is 13.6 Å². The molecule has 0 aromatic heterocycles. The van der Waals surface area contributed by atoms with Crippen molar-refractivity contribution in [3.8, 4) is 0 Å². The van der Waals surface area contributed by atoms with E-state index in [0.29, 0.717) is 19.4 Å². The molecule has 0 saturated carbocycles. The van der Waals surface area contributed by atoms with Crippen molar-refractivity contribution < 1.29 is 13.6 Å². The fourth-order valence-corrected chi connectivity index (χ4v) is 1.72. The summed E-state index contributed by atoms with van der Waals surface area (Å²) in [5.41, 5.74) is 5.23. The van der Waals surface area contributed by atoms with Crippen LogP contribution in [0.2, 0.25) is 0 Å². The number of alkyl halides is 2. The number of amides is 1. The number of halogens is 2. The van der Waals surface area contributed by atoms with Gasteiger partial charge in [0.2, 0.25) is 12.3 Å². The Kier molecular flexibility index (Phi) is 4.25. The molecule has 0 radical (unpaired) electrons. The Morgan fingerprint density at radius 3 is 2.86 bits per heavy atom. The van der Waals surface area contributed by atoms with Gasteiger partial charge < -0.3 is 10.6 Å². The maximum absolute atomic E-state index is 12.4. The molecule has 0 aliphatic carbocycles. The second kappa shape index (κ2) is 5.24. The summed E-state index contributed by atoms with van der Waals surface area (Å²) in [5, 5.41) is 0. The number of likely N-dealkylation sites (tertiary alicyclic amines) is 1. The maximum atomic E-state index is 12.4. The highest BCUT2D eigenvalue weighted by Gasteiger charge is 2.28. The minimum absolute atomic E-state index is 0.0992. The van der Waals surface area contributed by atoms with Gasteiger partial charge in [-0.2, -0.15) is 0 Å². The molecule has 1 rings (SSSR count). The van der Waals surface area contributed by atoms with Crippen molar-refractivity contribution in [1.82, 2.24) is 4.90 Å². The summed E-state index contributed by atoms with van der Waals surface area (Å²) in [7, 11) is 0. The molecule has 0 unspecified atom stereocenters. The zero-order chi connectivity index (χ0) is 10.6. The molecule has 1 atom stereocenters. The molecule has 5 heteroatoms. The molecule has 0 bridgehead atoms. The van der Waals surface area contributed by atoms with Crippen molar-refractivity contribution in [2.45, 2.75) is 25.7 Å². The highest BCUT2D eigenvalue weighted by Crippen LogP contribution is 2.22. The summed E-state index contributed by atoms with van der Waals surface area (Å²) in [5.74, 6) is -0.747. The second-order valence-corrected chi connectivity index (χ2v) is 3.62. The quantitative estimate of drug-likeness (QED) is 0.743. The van der Waals surface area contributed by atoms with Gasteiger partial charge >= 0.3 is 0 Å². The summed E-state index contributed by atoms with van der Waals surface area (Å²) < 4.78 is 24.8. The van der Waals surface area contributed by atoms with E-state index in [1.54, 1.807) is 0 Å². The molecule has 1 saturated heterocycles. The van der Waals surface area contributed by atoms with Crippen molar-refractivity contribution in [2.24, 2.45) is 11.7 Å². The first-order valence-corrected chi connectivity index (χ1v) is 4.91. The molecule has 1 aliphatic rings. The van der Waals surface area contributed by atoms with E-state index in [4.69, 9.17) is 5.73 Å². The molecule has 2 N–H and O–H groups in total. The van der Waals surface area contributed by atoms with E-state index < -0.39 is 12.3 Å². The van der Waals surface area contributed by atoms with Crippen LogP contribution >= 0.6 is 0 Å². The third-order valence-corrected chi connectivity index (χ3v) is 2.53. The fourth-order valence-electron chi connectivity index (χ4n) is 1.72. The topological polar surface area (TPSA) is 46.3 Å². The van der Waals surface area contributed by atoms with Crippen LogP contribution in [0.1, 0.15) is 19.3 Å². The molecule has 1 aliphatic heterocycles. The summed E-state index contributed by atoms with van der Waals surface area (Å²) in [6.45, 7) is 1.08. The first-order chi connectivity index (χ1) is 6.65. The summed E-state index contributed by atoms with van der Waals surface area (Å²) in [6.07, 6.45) is -0.866. The molecular formula is C9H16F2N2O. The number of carbonyl (C=O) groups excluding carboxylic acids is 1. The van der Waals surface area contributed by atoms with Gasteiger partial charge in [0, 0.05) is 32.0 Å². The van der Waals surface area contributed by atoms with Gasteiger partial charge in [-0.3, -0.25) is 4.79 Å². The van der Waals surface area contributed by atoms with E-state index >= 15 is 0 Å². The highest BCUT2D eigenvalue weighted by molar-refractivity contribution is 5.76. The predicted molar refractivity (Wildman–Crippen MR) is 49.0 cm³/mol. The standard InChI is InChI=1S/C9H16F2N2O/c10-9(11)7-2-1-5-13(6-7)8(14)3-4-12/h7,9H,1-6,12H2/t7-/m0/s1. The molecule has 14 heavy (non-hydrogen) atoms. The first kappa shape index (κ1) is 11.4. The average Bonchev–Trinajstić information content (AvgIpc) is 2.18. The Morgan fingerprint density at radius 1 is 1.57 bits per heavy atom. The predicted octanol–water partition coefficient (Wildman–Crippen LogP) is 0.839. The molecule has 3 nitrogen and oxygen atoms in total. The monoisotopic (exact) mass is 206 g/mol. The van der Waals surface area contributed by atoms with Crippen LogP contribution in [0.3, 0.4) is 0 Å². The Bertz CT molecular complexity index is 199. The number of nitrogens with two attached hydrogens (primary N) is 1. The Balaban J connectivity index is 2.43. The van der Waals surface area contributed by atoms with Crippen LogP contribution in [0.15, 0.2) is 0 Å². The summed E-state index contributed by atoms with van der Waals surface area (Å²) in [4.78, 5) is 12.9. The second-order valence-electron chi connectivity index (χ2n) is 3.62. The minimum Gasteiger partial charge on any atom is -0.342 e. The summed E-state index contributed by atoms with van der Waals surface area (Å²) in [6, 6.07) is 0. The van der Waals surface area contributed by atoms with Crippen LogP contribution in [-0.2, 0) is 4.79 Å². The van der Waals surface area contributed by atoms with Crippen molar-refractivity contribution in [3.05, 3.63) is 0 Å². The molecule has 1 fully saturated rings. The van der Waals surface area contributed by atoms with Crippen molar-refractivity contribution >= 4 is 5.91 Å². The van der Waals surface area contributed by atoms with Crippen LogP contribution in [0.5, 0.6) is 0 Å². The lowest BCUT2D eigenvalue weighted by Gasteiger charge is -2.32. The molecule has 1 heterocycles. The maximum Gasteiger partial charge on any atom is 0.243 e. The van der Waals surface area contributed by atoms with Gasteiger partial charge in [-0.05, 0) is 12.8 Å². The van der Waals surface area contributed by atoms with E-state index in [2.05, 4.69) is 0 Å². The van der Waals surface area contributed by atoms with E-state index in [1.807, 2.05) is 0 Å². The number of hydrogen-bond donors (Lipinski definition) is 1. The van der Waals surface area contributed by atoms with Crippen LogP contribution in [-0.4, -0.2) is 36.9 Å². The Hall–Kier alpha value is -0.710. The van der Waals surface area contributed by atoms with Gasteiger partial charge in [-0.1, -0.05) is 0 Å². The Morgan fingerprint density at radius 2 is 2.29 bits per heavy atom. The minimum atomic E-state index is -2.32. The van der Waals surface area contributed by atoms with Crippen molar-refractivity contribution in [1.29, 1.82) is 0 Å².